The van der Waals surface area contributed by atoms with Crippen molar-refractivity contribution in [3.8, 4) is 11.8 Å². The van der Waals surface area contributed by atoms with E-state index in [1.807, 2.05) is 19.1 Å². The van der Waals surface area contributed by atoms with Gasteiger partial charge in [-0.15, -0.1) is 0 Å². The number of hydrogen-bond acceptors (Lipinski definition) is 5. The third-order valence-electron chi connectivity index (χ3n) is 3.67. The lowest BCUT2D eigenvalue weighted by atomic mass is 9.86. The number of nitriles is 1. The lowest BCUT2D eigenvalue weighted by Crippen LogP contribution is -2.25. The van der Waals surface area contributed by atoms with Crippen LogP contribution < -0.4 is 16.1 Å². The molecular formula is C16H14N2O3. The standard InChI is InChI=1S/C16H14N2O3/c1-2-5-9-11(8-17)15(18)21-14-10-6-3-4-7-12(10)20-16(19)13(9)14/h3-4,6-7,9H,2,5,18H2,1H3/t9-/m0/s1. The quantitative estimate of drug-likeness (QED) is 0.855. The Hall–Kier alpha value is -2.74. The number of nitrogens with zero attached hydrogens (tertiary/aromatic N) is 1. The lowest BCUT2D eigenvalue weighted by molar-refractivity contribution is 0.378. The summed E-state index contributed by atoms with van der Waals surface area (Å²) in [4.78, 5) is 12.3. The molecule has 3 rings (SSSR count). The molecule has 2 N–H and O–H groups in total. The van der Waals surface area contributed by atoms with E-state index in [1.165, 1.54) is 0 Å². The monoisotopic (exact) mass is 282 g/mol. The maximum atomic E-state index is 12.3. The summed E-state index contributed by atoms with van der Waals surface area (Å²) in [6, 6.07) is 9.18. The number of fused-ring (bicyclic) bond motifs is 3. The molecule has 1 aromatic carbocycles. The van der Waals surface area contributed by atoms with Gasteiger partial charge in [-0.05, 0) is 18.6 Å². The van der Waals surface area contributed by atoms with Gasteiger partial charge < -0.3 is 14.9 Å². The van der Waals surface area contributed by atoms with Gasteiger partial charge in [-0.2, -0.15) is 5.26 Å². The van der Waals surface area contributed by atoms with Gasteiger partial charge in [0.2, 0.25) is 5.88 Å². The summed E-state index contributed by atoms with van der Waals surface area (Å²) in [6.07, 6.45) is 1.46. The van der Waals surface area contributed by atoms with E-state index >= 15 is 0 Å². The van der Waals surface area contributed by atoms with Crippen molar-refractivity contribution in [3.63, 3.8) is 0 Å². The molecular weight excluding hydrogens is 268 g/mol. The largest absolute Gasteiger partial charge is 0.439 e. The average Bonchev–Trinajstić information content (AvgIpc) is 2.47. The summed E-state index contributed by atoms with van der Waals surface area (Å²) in [5, 5.41) is 9.98. The molecule has 0 fully saturated rings. The molecule has 1 aliphatic heterocycles. The second-order valence-corrected chi connectivity index (χ2v) is 4.96. The van der Waals surface area contributed by atoms with Crippen molar-refractivity contribution in [1.29, 1.82) is 5.26 Å². The molecule has 0 bridgehead atoms. The van der Waals surface area contributed by atoms with Crippen molar-refractivity contribution < 1.29 is 9.15 Å². The SMILES string of the molecule is CCC[C@H]1C(C#N)=C(N)Oc2c1c(=O)oc1ccccc21. The van der Waals surface area contributed by atoms with Gasteiger partial charge in [-0.1, -0.05) is 25.5 Å². The molecule has 5 nitrogen and oxygen atoms in total. The van der Waals surface area contributed by atoms with Crippen LogP contribution >= 0.6 is 0 Å². The van der Waals surface area contributed by atoms with Crippen molar-refractivity contribution in [3.05, 3.63) is 51.7 Å². The predicted molar refractivity (Wildman–Crippen MR) is 77.6 cm³/mol. The third kappa shape index (κ3) is 1.96. The van der Waals surface area contributed by atoms with Crippen LogP contribution in [0.3, 0.4) is 0 Å². The minimum Gasteiger partial charge on any atom is -0.439 e. The number of rotatable bonds is 2. The maximum Gasteiger partial charge on any atom is 0.343 e. The Morgan fingerprint density at radius 3 is 2.86 bits per heavy atom. The van der Waals surface area contributed by atoms with Crippen LogP contribution in [0.4, 0.5) is 0 Å². The first kappa shape index (κ1) is 13.3. The fraction of sp³-hybridized carbons (Fsp3) is 0.250. The summed E-state index contributed by atoms with van der Waals surface area (Å²) in [7, 11) is 0. The van der Waals surface area contributed by atoms with E-state index in [0.29, 0.717) is 34.3 Å². The minimum absolute atomic E-state index is 0.0687. The fourth-order valence-corrected chi connectivity index (χ4v) is 2.74. The van der Waals surface area contributed by atoms with Gasteiger partial charge in [0.05, 0.1) is 16.5 Å². The topological polar surface area (TPSA) is 89.3 Å². The molecule has 0 unspecified atom stereocenters. The van der Waals surface area contributed by atoms with Gasteiger partial charge in [0.1, 0.15) is 11.7 Å². The van der Waals surface area contributed by atoms with Gasteiger partial charge in [0, 0.05) is 5.92 Å². The van der Waals surface area contributed by atoms with Crippen molar-refractivity contribution in [2.24, 2.45) is 5.73 Å². The van der Waals surface area contributed by atoms with Crippen molar-refractivity contribution in [2.75, 3.05) is 0 Å². The first-order valence-corrected chi connectivity index (χ1v) is 6.80. The maximum absolute atomic E-state index is 12.3. The van der Waals surface area contributed by atoms with Gasteiger partial charge in [0.15, 0.2) is 5.75 Å². The second kappa shape index (κ2) is 4.98. The highest BCUT2D eigenvalue weighted by Crippen LogP contribution is 2.41. The van der Waals surface area contributed by atoms with Gasteiger partial charge in [0.25, 0.3) is 0 Å². The van der Waals surface area contributed by atoms with Crippen LogP contribution in [-0.2, 0) is 0 Å². The van der Waals surface area contributed by atoms with Gasteiger partial charge in [-0.25, -0.2) is 4.79 Å². The van der Waals surface area contributed by atoms with Crippen molar-refractivity contribution >= 4 is 11.0 Å². The Morgan fingerprint density at radius 2 is 2.14 bits per heavy atom. The molecule has 2 heterocycles. The fourth-order valence-electron chi connectivity index (χ4n) is 2.74. The molecule has 0 amide bonds. The molecule has 0 radical (unpaired) electrons. The van der Waals surface area contributed by atoms with Crippen LogP contribution in [0, 0.1) is 11.3 Å². The molecule has 21 heavy (non-hydrogen) atoms. The highest BCUT2D eigenvalue weighted by atomic mass is 16.5. The molecule has 1 aromatic heterocycles. The summed E-state index contributed by atoms with van der Waals surface area (Å²) in [5.74, 6) is 0.112. The molecule has 2 aromatic rings. The van der Waals surface area contributed by atoms with Crippen LogP contribution in [-0.4, -0.2) is 0 Å². The van der Waals surface area contributed by atoms with Crippen LogP contribution in [0.5, 0.6) is 5.75 Å². The van der Waals surface area contributed by atoms with Crippen LogP contribution in [0.1, 0.15) is 31.2 Å². The zero-order valence-corrected chi connectivity index (χ0v) is 11.6. The normalized spacial score (nSPS) is 17.2. The van der Waals surface area contributed by atoms with E-state index in [-0.39, 0.29) is 11.8 Å². The number of para-hydroxylation sites is 1. The second-order valence-electron chi connectivity index (χ2n) is 4.96. The lowest BCUT2D eigenvalue weighted by Gasteiger charge is -2.25. The molecule has 0 saturated carbocycles. The van der Waals surface area contributed by atoms with Crippen LogP contribution in [0.15, 0.2) is 44.9 Å². The third-order valence-corrected chi connectivity index (χ3v) is 3.67. The highest BCUT2D eigenvalue weighted by molar-refractivity contribution is 5.85. The Labute approximate surface area is 121 Å². The first-order chi connectivity index (χ1) is 10.2. The smallest absolute Gasteiger partial charge is 0.343 e. The molecule has 5 heteroatoms. The van der Waals surface area contributed by atoms with E-state index in [9.17, 15) is 10.1 Å². The molecule has 1 atom stereocenters. The number of allylic oxidation sites excluding steroid dienone is 1. The summed E-state index contributed by atoms with van der Waals surface area (Å²) >= 11 is 0. The molecule has 0 spiro atoms. The average molecular weight is 282 g/mol. The number of ether oxygens (including phenoxy) is 1. The van der Waals surface area contributed by atoms with Gasteiger partial charge >= 0.3 is 5.63 Å². The molecule has 0 aliphatic carbocycles. The van der Waals surface area contributed by atoms with Gasteiger partial charge in [-0.3, -0.25) is 0 Å². The number of hydrogen-bond donors (Lipinski definition) is 1. The zero-order valence-electron chi connectivity index (χ0n) is 11.6. The Morgan fingerprint density at radius 1 is 1.38 bits per heavy atom. The first-order valence-electron chi connectivity index (χ1n) is 6.80. The van der Waals surface area contributed by atoms with E-state index < -0.39 is 5.63 Å². The highest BCUT2D eigenvalue weighted by Gasteiger charge is 2.33. The van der Waals surface area contributed by atoms with E-state index in [2.05, 4.69) is 6.07 Å². The molecule has 1 aliphatic rings. The summed E-state index contributed by atoms with van der Waals surface area (Å²) < 4.78 is 10.9. The Bertz CT molecular complexity index is 843. The summed E-state index contributed by atoms with van der Waals surface area (Å²) in [5.41, 5.74) is 6.54. The number of nitrogens with two attached hydrogens (primary N) is 1. The van der Waals surface area contributed by atoms with Crippen molar-refractivity contribution in [1.82, 2.24) is 0 Å². The van der Waals surface area contributed by atoms with E-state index in [4.69, 9.17) is 14.9 Å². The Balaban J connectivity index is 2.35. The summed E-state index contributed by atoms with van der Waals surface area (Å²) in [6.45, 7) is 1.99. The van der Waals surface area contributed by atoms with Crippen LogP contribution in [0.2, 0.25) is 0 Å². The molecule has 106 valence electrons. The predicted octanol–water partition coefficient (Wildman–Crippen LogP) is 2.76. The van der Waals surface area contributed by atoms with E-state index in [1.54, 1.807) is 12.1 Å². The Kier molecular flexibility index (Phi) is 3.15. The number of benzene rings is 1. The molecule has 0 saturated heterocycles. The van der Waals surface area contributed by atoms with Crippen molar-refractivity contribution in [2.45, 2.75) is 25.7 Å². The van der Waals surface area contributed by atoms with Crippen LogP contribution in [0.25, 0.3) is 11.0 Å². The minimum atomic E-state index is -0.470. The van der Waals surface area contributed by atoms with E-state index in [0.717, 1.165) is 6.42 Å². The zero-order chi connectivity index (χ0) is 15.0.